The summed E-state index contributed by atoms with van der Waals surface area (Å²) < 4.78 is 5.26. The summed E-state index contributed by atoms with van der Waals surface area (Å²) in [6.45, 7) is 8.69. The molecule has 1 fully saturated rings. The lowest BCUT2D eigenvalue weighted by molar-refractivity contribution is 0.0947. The molecule has 1 aliphatic carbocycles. The Morgan fingerprint density at radius 3 is 2.40 bits per heavy atom. The maximum atomic E-state index is 12.9. The first-order valence-corrected chi connectivity index (χ1v) is 7.00. The van der Waals surface area contributed by atoms with Crippen LogP contribution in [0, 0.1) is 16.7 Å². The zero-order chi connectivity index (χ0) is 14.7. The van der Waals surface area contributed by atoms with E-state index in [0.29, 0.717) is 0 Å². The number of H-pyrrole nitrogens is 1. The number of benzene rings is 1. The molecule has 0 unspecified atom stereocenters. The summed E-state index contributed by atoms with van der Waals surface area (Å²) >= 11 is 0. The number of carbonyl (C=O) groups excluding carboxylic acids is 1. The second-order valence-electron chi connectivity index (χ2n) is 6.85. The van der Waals surface area contributed by atoms with Gasteiger partial charge in [0.2, 0.25) is 0 Å². The Labute approximate surface area is 119 Å². The highest BCUT2D eigenvalue weighted by Gasteiger charge is 2.68. The van der Waals surface area contributed by atoms with Gasteiger partial charge in [-0.15, -0.1) is 0 Å². The average molecular weight is 271 g/mol. The Kier molecular flexibility index (Phi) is 2.56. The average Bonchev–Trinajstić information content (AvgIpc) is 2.73. The minimum atomic E-state index is 0.0620. The van der Waals surface area contributed by atoms with Crippen LogP contribution in [0.25, 0.3) is 10.9 Å². The van der Waals surface area contributed by atoms with Gasteiger partial charge >= 0.3 is 0 Å². The lowest BCUT2D eigenvalue weighted by atomic mass is 10.0. The lowest BCUT2D eigenvalue weighted by Crippen LogP contribution is -2.06. The number of rotatable bonds is 3. The van der Waals surface area contributed by atoms with Gasteiger partial charge in [0.05, 0.1) is 7.11 Å². The third kappa shape index (κ3) is 1.55. The zero-order valence-electron chi connectivity index (χ0n) is 12.7. The number of nitrogens with one attached hydrogen (secondary N) is 1. The molecule has 1 saturated carbocycles. The molecule has 0 amide bonds. The van der Waals surface area contributed by atoms with E-state index in [-0.39, 0.29) is 22.5 Å². The van der Waals surface area contributed by atoms with E-state index in [1.165, 1.54) is 0 Å². The van der Waals surface area contributed by atoms with Crippen LogP contribution in [0.2, 0.25) is 0 Å². The first kappa shape index (κ1) is 13.2. The van der Waals surface area contributed by atoms with Crippen molar-refractivity contribution < 1.29 is 9.53 Å². The fourth-order valence-corrected chi connectivity index (χ4v) is 3.44. The first-order valence-electron chi connectivity index (χ1n) is 7.00. The van der Waals surface area contributed by atoms with Crippen molar-refractivity contribution >= 4 is 16.7 Å². The molecule has 0 bridgehead atoms. The van der Waals surface area contributed by atoms with Crippen LogP contribution < -0.4 is 4.74 Å². The summed E-state index contributed by atoms with van der Waals surface area (Å²) in [5, 5.41) is 0.952. The Hall–Kier alpha value is -1.77. The molecule has 1 N–H and O–H groups in total. The van der Waals surface area contributed by atoms with Crippen LogP contribution in [0.15, 0.2) is 24.4 Å². The highest BCUT2D eigenvalue weighted by atomic mass is 16.5. The molecule has 0 saturated heterocycles. The van der Waals surface area contributed by atoms with Crippen molar-refractivity contribution in [1.29, 1.82) is 0 Å². The van der Waals surface area contributed by atoms with Gasteiger partial charge in [-0.1, -0.05) is 27.7 Å². The van der Waals surface area contributed by atoms with Crippen molar-refractivity contribution in [3.8, 4) is 5.75 Å². The maximum absolute atomic E-state index is 12.9. The van der Waals surface area contributed by atoms with Gasteiger partial charge in [-0.05, 0) is 29.0 Å². The number of hydrogen-bond acceptors (Lipinski definition) is 2. The fraction of sp³-hybridized carbons (Fsp3) is 0.471. The number of Topliss-reactive ketones (excluding diaryl/α,β-unsaturated/α-hetero) is 1. The maximum Gasteiger partial charge on any atom is 0.169 e. The number of methoxy groups -OCH3 is 1. The Morgan fingerprint density at radius 2 is 1.85 bits per heavy atom. The van der Waals surface area contributed by atoms with Crippen LogP contribution >= 0.6 is 0 Å². The molecule has 3 heteroatoms. The van der Waals surface area contributed by atoms with Gasteiger partial charge < -0.3 is 9.72 Å². The molecule has 2 aromatic rings. The van der Waals surface area contributed by atoms with Crippen LogP contribution in [-0.4, -0.2) is 17.9 Å². The third-order valence-corrected chi connectivity index (χ3v) is 5.44. The van der Waals surface area contributed by atoms with Crippen molar-refractivity contribution in [2.45, 2.75) is 27.7 Å². The SMILES string of the molecule is COc1ccc2[nH]cc(C(=O)C3C(C)(C)C3(C)C)c2c1. The number of hydrogen-bond donors (Lipinski definition) is 1. The van der Waals surface area contributed by atoms with Gasteiger partial charge in [0.1, 0.15) is 5.75 Å². The predicted octanol–water partition coefficient (Wildman–Crippen LogP) is 4.04. The summed E-state index contributed by atoms with van der Waals surface area (Å²) in [5.41, 5.74) is 1.88. The zero-order valence-corrected chi connectivity index (χ0v) is 12.7. The molecule has 20 heavy (non-hydrogen) atoms. The van der Waals surface area contributed by atoms with Gasteiger partial charge in [-0.2, -0.15) is 0 Å². The van der Waals surface area contributed by atoms with Crippen LogP contribution in [0.3, 0.4) is 0 Å². The molecule has 1 aromatic heterocycles. The van der Waals surface area contributed by atoms with Crippen LogP contribution in [0.1, 0.15) is 38.1 Å². The predicted molar refractivity (Wildman–Crippen MR) is 80.2 cm³/mol. The molecular weight excluding hydrogens is 250 g/mol. The highest BCUT2D eigenvalue weighted by molar-refractivity contribution is 6.11. The Balaban J connectivity index is 2.05. The summed E-state index contributed by atoms with van der Waals surface area (Å²) in [4.78, 5) is 16.0. The molecule has 0 aliphatic heterocycles. The standard InChI is InChI=1S/C17H21NO2/c1-16(2)15(17(16,3)4)14(19)12-9-18-13-7-6-10(20-5)8-11(12)13/h6-9,15,18H,1-5H3. The Morgan fingerprint density at radius 1 is 1.20 bits per heavy atom. The normalized spacial score (nSPS) is 20.1. The van der Waals surface area contributed by atoms with Crippen molar-refractivity contribution in [1.82, 2.24) is 4.98 Å². The second kappa shape index (κ2) is 3.87. The molecular formula is C17H21NO2. The van der Waals surface area contributed by atoms with E-state index >= 15 is 0 Å². The lowest BCUT2D eigenvalue weighted by Gasteiger charge is -2.03. The van der Waals surface area contributed by atoms with E-state index in [0.717, 1.165) is 22.2 Å². The van der Waals surface area contributed by atoms with Crippen molar-refractivity contribution in [2.24, 2.45) is 16.7 Å². The minimum Gasteiger partial charge on any atom is -0.497 e. The molecule has 106 valence electrons. The number of fused-ring (bicyclic) bond motifs is 1. The largest absolute Gasteiger partial charge is 0.497 e. The molecule has 3 nitrogen and oxygen atoms in total. The molecule has 3 rings (SSSR count). The molecule has 1 heterocycles. The van der Waals surface area contributed by atoms with Crippen LogP contribution in [0.5, 0.6) is 5.75 Å². The van der Waals surface area contributed by atoms with Crippen molar-refractivity contribution in [3.63, 3.8) is 0 Å². The minimum absolute atomic E-state index is 0.0620. The quantitative estimate of drug-likeness (QED) is 0.856. The topological polar surface area (TPSA) is 42.1 Å². The van der Waals surface area contributed by atoms with E-state index in [1.54, 1.807) is 7.11 Å². The molecule has 0 atom stereocenters. The van der Waals surface area contributed by atoms with E-state index < -0.39 is 0 Å². The van der Waals surface area contributed by atoms with Gasteiger partial charge in [-0.3, -0.25) is 4.79 Å². The molecule has 0 spiro atoms. The summed E-state index contributed by atoms with van der Waals surface area (Å²) in [7, 11) is 1.64. The monoisotopic (exact) mass is 271 g/mol. The van der Waals surface area contributed by atoms with E-state index in [9.17, 15) is 4.79 Å². The van der Waals surface area contributed by atoms with Gasteiger partial charge in [0.15, 0.2) is 5.78 Å². The highest BCUT2D eigenvalue weighted by Crippen LogP contribution is 2.69. The van der Waals surface area contributed by atoms with Crippen LogP contribution in [-0.2, 0) is 0 Å². The summed E-state index contributed by atoms with van der Waals surface area (Å²) in [6.07, 6.45) is 1.83. The summed E-state index contributed by atoms with van der Waals surface area (Å²) in [5.74, 6) is 1.10. The van der Waals surface area contributed by atoms with Gasteiger partial charge in [0.25, 0.3) is 0 Å². The molecule has 1 aliphatic rings. The summed E-state index contributed by atoms with van der Waals surface area (Å²) in [6, 6.07) is 5.79. The number of aromatic nitrogens is 1. The fourth-order valence-electron chi connectivity index (χ4n) is 3.44. The van der Waals surface area contributed by atoms with Crippen molar-refractivity contribution in [2.75, 3.05) is 7.11 Å². The van der Waals surface area contributed by atoms with Gasteiger partial charge in [0, 0.05) is 28.6 Å². The smallest absolute Gasteiger partial charge is 0.169 e. The second-order valence-corrected chi connectivity index (χ2v) is 6.85. The number of carbonyl (C=O) groups is 1. The van der Waals surface area contributed by atoms with E-state index in [2.05, 4.69) is 32.7 Å². The van der Waals surface area contributed by atoms with Crippen LogP contribution in [0.4, 0.5) is 0 Å². The number of ether oxygens (including phenoxy) is 1. The third-order valence-electron chi connectivity index (χ3n) is 5.44. The Bertz CT molecular complexity index is 680. The number of aromatic amines is 1. The first-order chi connectivity index (χ1) is 9.30. The number of ketones is 1. The van der Waals surface area contributed by atoms with E-state index in [4.69, 9.17) is 4.74 Å². The van der Waals surface area contributed by atoms with Crippen molar-refractivity contribution in [3.05, 3.63) is 30.0 Å². The molecule has 0 radical (unpaired) electrons. The molecule has 1 aromatic carbocycles. The van der Waals surface area contributed by atoms with Gasteiger partial charge in [-0.25, -0.2) is 0 Å². The van der Waals surface area contributed by atoms with E-state index in [1.807, 2.05) is 24.4 Å².